The number of para-hydroxylation sites is 8. The summed E-state index contributed by atoms with van der Waals surface area (Å²) in [4.78, 5) is 11.7. The monoisotopic (exact) mass is 1040 g/mol. The fraction of sp³-hybridized carbons (Fsp3) is 0.143. The summed E-state index contributed by atoms with van der Waals surface area (Å²) in [5, 5.41) is 0. The van der Waals surface area contributed by atoms with Crippen LogP contribution in [0.15, 0.2) is 199 Å². The summed E-state index contributed by atoms with van der Waals surface area (Å²) in [7, 11) is -18.4. The van der Waals surface area contributed by atoms with Gasteiger partial charge in [0.15, 0.2) is 0 Å². The molecule has 1 aliphatic heterocycles. The molecule has 8 aromatic carbocycles. The minimum absolute atomic E-state index is 0.483. The van der Waals surface area contributed by atoms with E-state index in [1.165, 1.54) is 0 Å². The standard InChI is InChI=1S/C56H62N4O8P4/c1-41-25-9-17-33-49(41)61-69(62-50-34-18-10-26-42(50)2)57-70(63-51-35-19-11-27-43(51)3,64-52-36-20-12-28-44(52)4)59-72(67-55-39-23-15-31-47(55)7,68-56-40-24-16-32-48(56)8)60-71(58-69,65-53-37-21-13-29-45(53)5)66-54-38-22-14-30-46(54)6/h9-40,57-59,69-71H,1-8H3. The molecule has 16 heteroatoms. The van der Waals surface area contributed by atoms with Crippen molar-refractivity contribution in [2.24, 2.45) is 4.52 Å². The first-order valence-electron chi connectivity index (χ1n) is 23.7. The zero-order valence-corrected chi connectivity index (χ0v) is 45.5. The average Bonchev–Trinajstić information content (AvgIpc) is 3.35. The second-order valence-corrected chi connectivity index (χ2v) is 27.7. The number of nitrogens with zero attached hydrogens (tertiary/aromatic N) is 1. The Hall–Kier alpha value is -6.44. The first-order chi connectivity index (χ1) is 34.7. The molecule has 8 aromatic rings. The predicted octanol–water partition coefficient (Wildman–Crippen LogP) is 16.0. The topological polar surface area (TPSA) is 122 Å². The minimum atomic E-state index is -4.76. The zero-order chi connectivity index (χ0) is 50.4. The molecule has 0 aromatic heterocycles. The van der Waals surface area contributed by atoms with Gasteiger partial charge in [0.2, 0.25) is 0 Å². The molecule has 0 unspecified atom stereocenters. The van der Waals surface area contributed by atoms with Crippen LogP contribution in [-0.2, 0) is 0 Å². The second-order valence-electron chi connectivity index (χ2n) is 17.7. The van der Waals surface area contributed by atoms with E-state index >= 15 is 0 Å². The molecule has 0 saturated heterocycles. The molecule has 0 spiro atoms. The zero-order valence-electron chi connectivity index (χ0n) is 41.6. The van der Waals surface area contributed by atoms with E-state index in [1.54, 1.807) is 0 Å². The third-order valence-corrected chi connectivity index (χ3v) is 25.4. The molecule has 0 fully saturated rings. The summed E-state index contributed by atoms with van der Waals surface area (Å²) in [6.07, 6.45) is 0. The molecule has 0 atom stereocenters. The van der Waals surface area contributed by atoms with Gasteiger partial charge in [0.25, 0.3) is 0 Å². The van der Waals surface area contributed by atoms with Crippen LogP contribution in [0.25, 0.3) is 0 Å². The summed E-state index contributed by atoms with van der Waals surface area (Å²) in [6, 6.07) is 62.0. The Kier molecular flexibility index (Phi) is 15.2. The Balaban J connectivity index is 1.47. The molecular formula is C56H62N4O8P4. The predicted molar refractivity (Wildman–Crippen MR) is 298 cm³/mol. The van der Waals surface area contributed by atoms with Crippen molar-refractivity contribution in [1.29, 1.82) is 0 Å². The fourth-order valence-corrected chi connectivity index (χ4v) is 24.3. The number of hydrogen-bond acceptors (Lipinski definition) is 12. The van der Waals surface area contributed by atoms with Crippen LogP contribution in [0.2, 0.25) is 0 Å². The van der Waals surface area contributed by atoms with E-state index < -0.39 is 31.7 Å². The summed E-state index contributed by atoms with van der Waals surface area (Å²) < 4.78 is 66.3. The van der Waals surface area contributed by atoms with Crippen molar-refractivity contribution in [3.8, 4) is 46.0 Å². The van der Waals surface area contributed by atoms with E-state index in [1.807, 2.05) is 250 Å². The molecule has 1 aliphatic rings. The van der Waals surface area contributed by atoms with Gasteiger partial charge in [-0.1, -0.05) is 0 Å². The van der Waals surface area contributed by atoms with Crippen LogP contribution in [-0.4, -0.2) is 0 Å². The first kappa shape index (κ1) is 50.5. The second kappa shape index (κ2) is 21.7. The fourth-order valence-electron chi connectivity index (χ4n) is 7.88. The van der Waals surface area contributed by atoms with Crippen LogP contribution >= 0.6 is 31.7 Å². The van der Waals surface area contributed by atoms with Gasteiger partial charge < -0.3 is 0 Å². The Bertz CT molecular complexity index is 3070. The number of benzene rings is 8. The van der Waals surface area contributed by atoms with E-state index in [9.17, 15) is 0 Å². The summed E-state index contributed by atoms with van der Waals surface area (Å²) >= 11 is 0. The van der Waals surface area contributed by atoms with Crippen LogP contribution in [0.3, 0.4) is 0 Å². The molecule has 374 valence electrons. The first-order valence-corrected chi connectivity index (χ1v) is 30.7. The van der Waals surface area contributed by atoms with Crippen LogP contribution in [0, 0.1) is 55.4 Å². The van der Waals surface area contributed by atoms with E-state index in [0.717, 1.165) is 44.5 Å². The summed E-state index contributed by atoms with van der Waals surface area (Å²) in [5.74, 6) is 3.98. The average molecular weight is 1040 g/mol. The maximum atomic E-state index is 7.57. The van der Waals surface area contributed by atoms with Gasteiger partial charge in [-0.2, -0.15) is 0 Å². The summed E-state index contributed by atoms with van der Waals surface area (Å²) in [6.45, 7) is 15.8. The third kappa shape index (κ3) is 11.7. The molecule has 1 heterocycles. The quantitative estimate of drug-likeness (QED) is 0.0802. The molecule has 12 nitrogen and oxygen atoms in total. The van der Waals surface area contributed by atoms with Gasteiger partial charge in [0, 0.05) is 0 Å². The van der Waals surface area contributed by atoms with Gasteiger partial charge in [-0.15, -0.1) is 0 Å². The van der Waals surface area contributed by atoms with E-state index in [2.05, 4.69) is 14.6 Å². The molecule has 0 amide bonds. The molecule has 0 aliphatic carbocycles. The molecule has 0 bridgehead atoms. The van der Waals surface area contributed by atoms with Gasteiger partial charge in [-0.25, -0.2) is 0 Å². The van der Waals surface area contributed by atoms with Crippen LogP contribution in [0.1, 0.15) is 44.5 Å². The van der Waals surface area contributed by atoms with Crippen LogP contribution in [0.4, 0.5) is 0 Å². The number of aryl methyl sites for hydroxylation is 8. The van der Waals surface area contributed by atoms with Gasteiger partial charge >= 0.3 is 427 Å². The van der Waals surface area contributed by atoms with Gasteiger partial charge in [0.05, 0.1) is 0 Å². The van der Waals surface area contributed by atoms with E-state index in [4.69, 9.17) is 40.7 Å². The van der Waals surface area contributed by atoms with Gasteiger partial charge in [-0.3, -0.25) is 0 Å². The van der Waals surface area contributed by atoms with Crippen molar-refractivity contribution in [2.45, 2.75) is 55.4 Å². The van der Waals surface area contributed by atoms with E-state index in [0.29, 0.717) is 46.0 Å². The van der Waals surface area contributed by atoms with Crippen molar-refractivity contribution in [1.82, 2.24) is 14.6 Å². The molecule has 72 heavy (non-hydrogen) atoms. The molecular weight excluding hydrogens is 981 g/mol. The SMILES string of the molecule is Cc1ccccc1OP1(Oc2ccccc2C)=N[PH](Oc2ccccc2C)(Oc2ccccc2C)N[PH](Oc2ccccc2C)(Oc2ccccc2C)N[PH](Oc2ccccc2C)(Oc2ccccc2C)N1. The molecule has 9 rings (SSSR count). The Morgan fingerprint density at radius 2 is 0.528 bits per heavy atom. The Labute approximate surface area is 425 Å². The Morgan fingerprint density at radius 3 is 0.806 bits per heavy atom. The van der Waals surface area contributed by atoms with Crippen LogP contribution in [0.5, 0.6) is 46.0 Å². The normalized spacial score (nSPS) is 16.7. The number of nitrogens with one attached hydrogen (secondary N) is 3. The van der Waals surface area contributed by atoms with Crippen molar-refractivity contribution in [3.63, 3.8) is 0 Å². The van der Waals surface area contributed by atoms with E-state index in [-0.39, 0.29) is 0 Å². The molecule has 0 radical (unpaired) electrons. The molecule has 3 N–H and O–H groups in total. The number of rotatable bonds is 16. The molecule has 0 saturated carbocycles. The van der Waals surface area contributed by atoms with Gasteiger partial charge in [-0.05, 0) is 0 Å². The van der Waals surface area contributed by atoms with Gasteiger partial charge in [0.1, 0.15) is 0 Å². The van der Waals surface area contributed by atoms with Crippen LogP contribution < -0.4 is 50.8 Å². The van der Waals surface area contributed by atoms with Crippen molar-refractivity contribution in [2.75, 3.05) is 0 Å². The summed E-state index contributed by atoms with van der Waals surface area (Å²) in [5.41, 5.74) is 6.61. The van der Waals surface area contributed by atoms with Crippen molar-refractivity contribution < 1.29 is 36.2 Å². The maximum absolute atomic E-state index is 7.57. The van der Waals surface area contributed by atoms with Crippen molar-refractivity contribution in [3.05, 3.63) is 239 Å². The van der Waals surface area contributed by atoms with Crippen molar-refractivity contribution >= 4 is 31.7 Å². The Morgan fingerprint density at radius 1 is 0.292 bits per heavy atom. The third-order valence-electron chi connectivity index (χ3n) is 11.9. The number of hydrogen-bond donors (Lipinski definition) is 3.